The maximum atomic E-state index is 13.4. The number of nitrogen functional groups attached to an aromatic ring is 1. The Bertz CT molecular complexity index is 422. The fourth-order valence-corrected chi connectivity index (χ4v) is 2.83. The van der Waals surface area contributed by atoms with Crippen LogP contribution in [0.25, 0.3) is 0 Å². The zero-order valence-corrected chi connectivity index (χ0v) is 9.45. The maximum Gasteiger partial charge on any atom is 0.150 e. The third-order valence-corrected chi connectivity index (χ3v) is 3.90. The number of benzene rings is 1. The Balaban J connectivity index is 2.11. The van der Waals surface area contributed by atoms with Gasteiger partial charge in [-0.15, -0.1) is 11.3 Å². The number of aromatic nitrogens is 1. The highest BCUT2D eigenvalue weighted by Gasteiger charge is 2.07. The molecule has 0 aliphatic rings. The van der Waals surface area contributed by atoms with Crippen LogP contribution >= 0.6 is 23.1 Å². The lowest BCUT2D eigenvalue weighted by molar-refractivity contribution is 0.618. The number of anilines is 1. The molecular weight excluding hydrogens is 231 g/mol. The molecule has 0 unspecified atom stereocenters. The van der Waals surface area contributed by atoms with E-state index in [9.17, 15) is 4.39 Å². The van der Waals surface area contributed by atoms with Crippen LogP contribution in [0, 0.1) is 5.82 Å². The van der Waals surface area contributed by atoms with Crippen LogP contribution in [0.4, 0.5) is 10.1 Å². The van der Waals surface area contributed by atoms with Crippen LogP contribution in [-0.2, 0) is 5.75 Å². The van der Waals surface area contributed by atoms with Crippen molar-refractivity contribution in [2.75, 3.05) is 5.73 Å². The van der Waals surface area contributed by atoms with Crippen LogP contribution in [0.2, 0.25) is 0 Å². The van der Waals surface area contributed by atoms with E-state index in [2.05, 4.69) is 4.98 Å². The minimum atomic E-state index is -0.251. The average molecular weight is 240 g/mol. The monoisotopic (exact) mass is 240 g/mol. The second-order valence-electron chi connectivity index (χ2n) is 2.89. The van der Waals surface area contributed by atoms with E-state index < -0.39 is 0 Å². The lowest BCUT2D eigenvalue weighted by atomic mass is 10.2. The molecule has 0 amide bonds. The fourth-order valence-electron chi connectivity index (χ4n) is 1.14. The van der Waals surface area contributed by atoms with Gasteiger partial charge in [0.25, 0.3) is 0 Å². The summed E-state index contributed by atoms with van der Waals surface area (Å²) in [6.45, 7) is 0. The molecule has 0 fully saturated rings. The molecule has 15 heavy (non-hydrogen) atoms. The van der Waals surface area contributed by atoms with Crippen molar-refractivity contribution in [3.8, 4) is 0 Å². The van der Waals surface area contributed by atoms with Crippen LogP contribution < -0.4 is 5.73 Å². The summed E-state index contributed by atoms with van der Waals surface area (Å²) in [6.07, 6.45) is 1.73. The van der Waals surface area contributed by atoms with E-state index in [0.717, 1.165) is 4.34 Å². The highest BCUT2D eigenvalue weighted by Crippen LogP contribution is 2.28. The molecule has 1 aromatic carbocycles. The summed E-state index contributed by atoms with van der Waals surface area (Å²) in [5.74, 6) is 0.269. The second-order valence-corrected chi connectivity index (χ2v) is 5.01. The van der Waals surface area contributed by atoms with Crippen molar-refractivity contribution < 1.29 is 4.39 Å². The van der Waals surface area contributed by atoms with E-state index in [1.54, 1.807) is 29.7 Å². The number of nitrogens with zero attached hydrogens (tertiary/aromatic N) is 1. The minimum absolute atomic E-state index is 0.251. The molecule has 5 heteroatoms. The van der Waals surface area contributed by atoms with Gasteiger partial charge < -0.3 is 5.73 Å². The van der Waals surface area contributed by atoms with Gasteiger partial charge in [-0.05, 0) is 12.1 Å². The molecule has 2 nitrogen and oxygen atoms in total. The van der Waals surface area contributed by atoms with Crippen molar-refractivity contribution in [2.45, 2.75) is 10.1 Å². The normalized spacial score (nSPS) is 10.5. The van der Waals surface area contributed by atoms with Gasteiger partial charge in [-0.2, -0.15) is 0 Å². The lowest BCUT2D eigenvalue weighted by Gasteiger charge is -2.04. The summed E-state index contributed by atoms with van der Waals surface area (Å²) in [5, 5.41) is 1.90. The zero-order chi connectivity index (χ0) is 10.7. The van der Waals surface area contributed by atoms with Gasteiger partial charge in [0.2, 0.25) is 0 Å². The molecule has 78 valence electrons. The van der Waals surface area contributed by atoms with Crippen LogP contribution in [0.3, 0.4) is 0 Å². The molecule has 0 saturated heterocycles. The predicted molar refractivity (Wildman–Crippen MR) is 62.5 cm³/mol. The first-order chi connectivity index (χ1) is 7.27. The summed E-state index contributed by atoms with van der Waals surface area (Å²) >= 11 is 3.04. The van der Waals surface area contributed by atoms with Gasteiger partial charge in [-0.3, -0.25) is 0 Å². The molecule has 1 heterocycles. The van der Waals surface area contributed by atoms with Crippen LogP contribution in [0.15, 0.2) is 34.1 Å². The van der Waals surface area contributed by atoms with Gasteiger partial charge in [0.15, 0.2) is 0 Å². The van der Waals surface area contributed by atoms with Gasteiger partial charge in [-0.1, -0.05) is 17.8 Å². The molecule has 0 radical (unpaired) electrons. The first-order valence-corrected chi connectivity index (χ1v) is 6.19. The first-order valence-electron chi connectivity index (χ1n) is 4.32. The SMILES string of the molecule is Nc1cccc(F)c1CSc1nccs1. The Morgan fingerprint density at radius 1 is 1.47 bits per heavy atom. The molecular formula is C10H9FN2S2. The number of hydrogen-bond acceptors (Lipinski definition) is 4. The first kappa shape index (κ1) is 10.4. The topological polar surface area (TPSA) is 38.9 Å². The van der Waals surface area contributed by atoms with Crippen molar-refractivity contribution >= 4 is 28.8 Å². The maximum absolute atomic E-state index is 13.4. The van der Waals surface area contributed by atoms with E-state index in [1.165, 1.54) is 17.8 Å². The van der Waals surface area contributed by atoms with Gasteiger partial charge in [0.05, 0.1) is 0 Å². The third kappa shape index (κ3) is 2.49. The summed E-state index contributed by atoms with van der Waals surface area (Å²) in [6, 6.07) is 4.75. The quantitative estimate of drug-likeness (QED) is 0.661. The Labute approximate surface area is 95.3 Å². The highest BCUT2D eigenvalue weighted by atomic mass is 32.2. The summed E-state index contributed by atoms with van der Waals surface area (Å²) in [7, 11) is 0. The molecule has 0 spiro atoms. The van der Waals surface area contributed by atoms with Crippen molar-refractivity contribution in [1.82, 2.24) is 4.98 Å². The largest absolute Gasteiger partial charge is 0.398 e. The van der Waals surface area contributed by atoms with Crippen LogP contribution in [-0.4, -0.2) is 4.98 Å². The number of thioether (sulfide) groups is 1. The van der Waals surface area contributed by atoms with Gasteiger partial charge >= 0.3 is 0 Å². The molecule has 0 atom stereocenters. The third-order valence-electron chi connectivity index (χ3n) is 1.90. The molecule has 2 rings (SSSR count). The number of nitrogens with two attached hydrogens (primary N) is 1. The Morgan fingerprint density at radius 2 is 2.33 bits per heavy atom. The Hall–Kier alpha value is -1.07. The molecule has 0 aliphatic carbocycles. The van der Waals surface area contributed by atoms with Crippen molar-refractivity contribution in [1.29, 1.82) is 0 Å². The number of rotatable bonds is 3. The van der Waals surface area contributed by atoms with E-state index in [-0.39, 0.29) is 5.82 Å². The van der Waals surface area contributed by atoms with Gasteiger partial charge in [0.1, 0.15) is 10.2 Å². The van der Waals surface area contributed by atoms with E-state index >= 15 is 0 Å². The van der Waals surface area contributed by atoms with Crippen molar-refractivity contribution in [3.05, 3.63) is 41.2 Å². The molecule has 2 N–H and O–H groups in total. The molecule has 2 aromatic rings. The summed E-state index contributed by atoms with van der Waals surface area (Å²) in [4.78, 5) is 4.11. The average Bonchev–Trinajstić information content (AvgIpc) is 2.70. The lowest BCUT2D eigenvalue weighted by Crippen LogP contribution is -1.95. The molecule has 0 bridgehead atoms. The standard InChI is InChI=1S/C10H9FN2S2/c11-8-2-1-3-9(12)7(8)6-15-10-13-4-5-14-10/h1-5H,6,12H2. The van der Waals surface area contributed by atoms with Crippen molar-refractivity contribution in [3.63, 3.8) is 0 Å². The predicted octanol–water partition coefficient (Wildman–Crippen LogP) is 3.16. The molecule has 0 saturated carbocycles. The minimum Gasteiger partial charge on any atom is -0.398 e. The zero-order valence-electron chi connectivity index (χ0n) is 7.81. The second kappa shape index (κ2) is 4.63. The van der Waals surface area contributed by atoms with Crippen LogP contribution in [0.1, 0.15) is 5.56 Å². The Kier molecular flexibility index (Phi) is 3.23. The molecule has 0 aliphatic heterocycles. The van der Waals surface area contributed by atoms with Crippen LogP contribution in [0.5, 0.6) is 0 Å². The van der Waals surface area contributed by atoms with E-state index in [1.807, 2.05) is 5.38 Å². The fraction of sp³-hybridized carbons (Fsp3) is 0.100. The van der Waals surface area contributed by atoms with Gasteiger partial charge in [0, 0.05) is 28.6 Å². The number of hydrogen-bond donors (Lipinski definition) is 1. The number of thiazole rings is 1. The number of halogens is 1. The Morgan fingerprint density at radius 3 is 3.00 bits per heavy atom. The smallest absolute Gasteiger partial charge is 0.150 e. The molecule has 1 aromatic heterocycles. The summed E-state index contributed by atoms with van der Waals surface area (Å²) < 4.78 is 14.3. The van der Waals surface area contributed by atoms with Crippen molar-refractivity contribution in [2.24, 2.45) is 0 Å². The van der Waals surface area contributed by atoms with E-state index in [4.69, 9.17) is 5.73 Å². The summed E-state index contributed by atoms with van der Waals surface area (Å²) in [5.41, 5.74) is 6.74. The van der Waals surface area contributed by atoms with E-state index in [0.29, 0.717) is 17.0 Å². The highest BCUT2D eigenvalue weighted by molar-refractivity contribution is 8.00. The van der Waals surface area contributed by atoms with Gasteiger partial charge in [-0.25, -0.2) is 9.37 Å².